The van der Waals surface area contributed by atoms with Crippen LogP contribution in [0.5, 0.6) is 0 Å². The molecule has 3 N–H and O–H groups in total. The van der Waals surface area contributed by atoms with Crippen LogP contribution in [-0.2, 0) is 24.6 Å². The third-order valence-electron chi connectivity index (χ3n) is 8.35. The Kier molecular flexibility index (Phi) is 9.61. The van der Waals surface area contributed by atoms with Crippen molar-refractivity contribution in [3.63, 3.8) is 0 Å². The lowest BCUT2D eigenvalue weighted by Crippen LogP contribution is -2.58. The number of thiophene rings is 1. The maximum atomic E-state index is 14.5. The van der Waals surface area contributed by atoms with Gasteiger partial charge in [0.15, 0.2) is 0 Å². The van der Waals surface area contributed by atoms with Crippen molar-refractivity contribution in [1.82, 2.24) is 15.1 Å². The maximum Gasteiger partial charge on any atom is 0.399 e. The number of alkyl halides is 2. The summed E-state index contributed by atoms with van der Waals surface area (Å²) in [6.07, 6.45) is 0.0895. The number of benzene rings is 2. The quantitative estimate of drug-likeness (QED) is 0.230. The van der Waals surface area contributed by atoms with Crippen molar-refractivity contribution in [1.29, 1.82) is 0 Å². The van der Waals surface area contributed by atoms with E-state index in [0.29, 0.717) is 17.5 Å². The standard InChI is InChI=1S/C31H34F4N3O7PS/c1-30(2,3)26(36-27(39)25-14-17-13-18(6-9-24(17)47-25)31(34,35)46(42,43)44)29(41)38-10-4-5-22(38)28(40)37-11-12-45-23(16-37)20-8-7-19(32)15-21(20)33/h6-9,13-15,22-23,26H,4-5,10-12,16H2,1-3H3,(H,36,39)(H2,42,43,44)/t22-,23?,26?/m0/s1. The van der Waals surface area contributed by atoms with E-state index in [9.17, 15) is 36.5 Å². The van der Waals surface area contributed by atoms with Crippen molar-refractivity contribution in [2.75, 3.05) is 26.2 Å². The molecule has 0 spiro atoms. The third kappa shape index (κ3) is 7.09. The second-order valence-corrected chi connectivity index (χ2v) is 15.5. The molecule has 16 heteroatoms. The molecule has 0 aliphatic carbocycles. The molecule has 0 saturated carbocycles. The van der Waals surface area contributed by atoms with Crippen LogP contribution < -0.4 is 5.32 Å². The van der Waals surface area contributed by atoms with Gasteiger partial charge in [0, 0.05) is 35.0 Å². The minimum atomic E-state index is -5.79. The highest BCUT2D eigenvalue weighted by Crippen LogP contribution is 2.59. The number of morpholine rings is 1. The number of hydrogen-bond acceptors (Lipinski definition) is 6. The first-order chi connectivity index (χ1) is 21.9. The zero-order chi connectivity index (χ0) is 34.5. The van der Waals surface area contributed by atoms with Gasteiger partial charge in [-0.3, -0.25) is 18.9 Å². The van der Waals surface area contributed by atoms with Gasteiger partial charge in [0.25, 0.3) is 5.91 Å². The summed E-state index contributed by atoms with van der Waals surface area (Å²) in [5.41, 5.74) is -6.02. The van der Waals surface area contributed by atoms with Crippen molar-refractivity contribution >= 4 is 46.7 Å². The average molecular weight is 700 g/mol. The fourth-order valence-electron chi connectivity index (χ4n) is 5.83. The highest BCUT2D eigenvalue weighted by Gasteiger charge is 2.50. The van der Waals surface area contributed by atoms with Crippen molar-refractivity contribution in [3.05, 3.63) is 70.1 Å². The summed E-state index contributed by atoms with van der Waals surface area (Å²) in [4.78, 5) is 62.4. The molecule has 2 aliphatic heterocycles. The maximum absolute atomic E-state index is 14.5. The van der Waals surface area contributed by atoms with Crippen LogP contribution in [0.4, 0.5) is 17.6 Å². The number of rotatable bonds is 7. The summed E-state index contributed by atoms with van der Waals surface area (Å²) in [7, 11) is -5.79. The van der Waals surface area contributed by atoms with E-state index < -0.39 is 65.9 Å². The summed E-state index contributed by atoms with van der Waals surface area (Å²) in [5.74, 6) is -3.02. The van der Waals surface area contributed by atoms with Gasteiger partial charge in [0.1, 0.15) is 29.8 Å². The van der Waals surface area contributed by atoms with Crippen LogP contribution in [0, 0.1) is 17.0 Å². The zero-order valence-corrected chi connectivity index (χ0v) is 27.4. The fraction of sp³-hybridized carbons (Fsp3) is 0.452. The van der Waals surface area contributed by atoms with E-state index in [4.69, 9.17) is 14.5 Å². The molecule has 2 unspecified atom stereocenters. The van der Waals surface area contributed by atoms with Crippen LogP contribution in [0.3, 0.4) is 0 Å². The van der Waals surface area contributed by atoms with Crippen LogP contribution in [0.1, 0.15) is 60.5 Å². The normalized spacial score (nSPS) is 20.0. The molecular formula is C31H34F4N3O7PS. The predicted molar refractivity (Wildman–Crippen MR) is 165 cm³/mol. The Hall–Kier alpha value is -3.36. The zero-order valence-electron chi connectivity index (χ0n) is 25.7. The average Bonchev–Trinajstić information content (AvgIpc) is 3.65. The lowest BCUT2D eigenvalue weighted by molar-refractivity contribution is -0.150. The van der Waals surface area contributed by atoms with Gasteiger partial charge in [-0.25, -0.2) is 8.78 Å². The van der Waals surface area contributed by atoms with Crippen LogP contribution in [-0.4, -0.2) is 75.6 Å². The summed E-state index contributed by atoms with van der Waals surface area (Å²) in [5, 5.41) is 2.91. The summed E-state index contributed by atoms with van der Waals surface area (Å²) in [6.45, 7) is 5.83. The third-order valence-corrected chi connectivity index (χ3v) is 10.5. The van der Waals surface area contributed by atoms with Crippen molar-refractivity contribution in [3.8, 4) is 0 Å². The lowest BCUT2D eigenvalue weighted by Gasteiger charge is -2.38. The van der Waals surface area contributed by atoms with Gasteiger partial charge in [0.05, 0.1) is 18.0 Å². The topological polar surface area (TPSA) is 136 Å². The van der Waals surface area contributed by atoms with Gasteiger partial charge in [0.2, 0.25) is 11.8 Å². The summed E-state index contributed by atoms with van der Waals surface area (Å²) in [6, 6.07) is 5.56. The molecule has 47 heavy (non-hydrogen) atoms. The SMILES string of the molecule is CC(C)(C)C(NC(=O)c1cc2cc(C(F)(F)P(=O)(O)O)ccc2s1)C(=O)N1CCC[C@H]1C(=O)N1CCOC(c2ccc(F)cc2F)C1. The van der Waals surface area contributed by atoms with Gasteiger partial charge in [-0.05, 0) is 47.9 Å². The minimum Gasteiger partial charge on any atom is -0.370 e. The number of nitrogens with zero attached hydrogens (tertiary/aromatic N) is 2. The Labute approximate surface area is 271 Å². The van der Waals surface area contributed by atoms with Crippen LogP contribution in [0.2, 0.25) is 0 Å². The molecule has 10 nitrogen and oxygen atoms in total. The van der Waals surface area contributed by atoms with Gasteiger partial charge >= 0.3 is 13.3 Å². The minimum absolute atomic E-state index is 0.00704. The van der Waals surface area contributed by atoms with Crippen molar-refractivity contribution in [2.24, 2.45) is 5.41 Å². The Balaban J connectivity index is 1.32. The molecular weight excluding hydrogens is 665 g/mol. The lowest BCUT2D eigenvalue weighted by atomic mass is 9.85. The number of likely N-dealkylation sites (tertiary alicyclic amines) is 1. The molecule has 3 aromatic rings. The molecule has 3 atom stereocenters. The first-order valence-corrected chi connectivity index (χ1v) is 17.3. The van der Waals surface area contributed by atoms with E-state index in [-0.39, 0.29) is 48.0 Å². The van der Waals surface area contributed by atoms with Gasteiger partial charge in [-0.1, -0.05) is 32.9 Å². The number of fused-ring (bicyclic) bond motifs is 1. The molecule has 2 saturated heterocycles. The van der Waals surface area contributed by atoms with Crippen LogP contribution >= 0.6 is 18.9 Å². The number of hydrogen-bond donors (Lipinski definition) is 3. The molecule has 5 rings (SSSR count). The number of ether oxygens (including phenoxy) is 1. The molecule has 2 aromatic carbocycles. The number of nitrogens with one attached hydrogen (secondary N) is 1. The van der Waals surface area contributed by atoms with Crippen molar-refractivity contribution < 1.29 is 51.0 Å². The Bertz CT molecular complexity index is 1760. The predicted octanol–water partition coefficient (Wildman–Crippen LogP) is 5.14. The van der Waals surface area contributed by atoms with Crippen LogP contribution in [0.15, 0.2) is 42.5 Å². The first-order valence-electron chi connectivity index (χ1n) is 14.8. The van der Waals surface area contributed by atoms with Gasteiger partial charge < -0.3 is 29.6 Å². The molecule has 0 radical (unpaired) electrons. The summed E-state index contributed by atoms with van der Waals surface area (Å²) < 4.78 is 73.9. The highest BCUT2D eigenvalue weighted by atomic mass is 32.1. The molecule has 3 amide bonds. The number of halogens is 4. The van der Waals surface area contributed by atoms with E-state index in [0.717, 1.165) is 35.6 Å². The number of amides is 3. The van der Waals surface area contributed by atoms with E-state index in [1.54, 1.807) is 20.8 Å². The number of carbonyl (C=O) groups is 3. The van der Waals surface area contributed by atoms with E-state index >= 15 is 0 Å². The fourth-order valence-corrected chi connectivity index (χ4v) is 7.25. The van der Waals surface area contributed by atoms with Crippen molar-refractivity contribution in [2.45, 2.75) is 57.5 Å². The molecule has 3 heterocycles. The Morgan fingerprint density at radius 1 is 1.06 bits per heavy atom. The molecule has 2 aliphatic rings. The molecule has 2 fully saturated rings. The van der Waals surface area contributed by atoms with Gasteiger partial charge in [-0.2, -0.15) is 8.78 Å². The monoisotopic (exact) mass is 699 g/mol. The smallest absolute Gasteiger partial charge is 0.370 e. The first kappa shape index (κ1) is 35.0. The Morgan fingerprint density at radius 2 is 1.79 bits per heavy atom. The second kappa shape index (κ2) is 12.9. The van der Waals surface area contributed by atoms with Crippen LogP contribution in [0.25, 0.3) is 10.1 Å². The second-order valence-electron chi connectivity index (χ2n) is 12.7. The molecule has 0 bridgehead atoms. The van der Waals surface area contributed by atoms with E-state index in [1.165, 1.54) is 28.0 Å². The Morgan fingerprint density at radius 3 is 2.45 bits per heavy atom. The number of carbonyl (C=O) groups excluding carboxylic acids is 3. The largest absolute Gasteiger partial charge is 0.399 e. The van der Waals surface area contributed by atoms with E-state index in [2.05, 4.69) is 5.32 Å². The molecule has 254 valence electrons. The molecule has 1 aromatic heterocycles. The highest BCUT2D eigenvalue weighted by molar-refractivity contribution is 7.52. The summed E-state index contributed by atoms with van der Waals surface area (Å²) >= 11 is 0.957. The van der Waals surface area contributed by atoms with Gasteiger partial charge in [-0.15, -0.1) is 11.3 Å². The van der Waals surface area contributed by atoms with E-state index in [1.807, 2.05) is 0 Å².